The lowest BCUT2D eigenvalue weighted by Gasteiger charge is -2.02. The van der Waals surface area contributed by atoms with Gasteiger partial charge in [0.15, 0.2) is 0 Å². The molecule has 1 rings (SSSR count). The molecule has 0 fully saturated rings. The molecule has 0 saturated carbocycles. The molecule has 1 atom stereocenters. The maximum atomic E-state index is 10.7. The first kappa shape index (κ1) is 7.74. The average molecular weight is 155 g/mol. The van der Waals surface area contributed by atoms with Crippen LogP contribution in [0.4, 0.5) is 0 Å². The Morgan fingerprint density at radius 2 is 2.45 bits per heavy atom. The summed E-state index contributed by atoms with van der Waals surface area (Å²) >= 11 is 0. The van der Waals surface area contributed by atoms with Crippen LogP contribution in [0.1, 0.15) is 6.92 Å². The third kappa shape index (κ3) is 2.05. The van der Waals surface area contributed by atoms with E-state index in [1.54, 1.807) is 0 Å². The second-order valence-electron chi connectivity index (χ2n) is 1.94. The van der Waals surface area contributed by atoms with E-state index in [2.05, 4.69) is 15.0 Å². The molecule has 1 aliphatic rings. The molecular formula is C6H7N2O3. The van der Waals surface area contributed by atoms with Gasteiger partial charge in [0, 0.05) is 0 Å². The molecule has 1 radical (unpaired) electrons. The Bertz CT molecular complexity index is 220. The summed E-state index contributed by atoms with van der Waals surface area (Å²) in [4.78, 5) is 14.2. The predicted octanol–water partition coefficient (Wildman–Crippen LogP) is -0.644. The number of hydrogen-bond acceptors (Lipinski definition) is 4. The van der Waals surface area contributed by atoms with Gasteiger partial charge in [0.2, 0.25) is 0 Å². The van der Waals surface area contributed by atoms with E-state index < -0.39 is 12.1 Å². The highest BCUT2D eigenvalue weighted by Crippen LogP contribution is 1.94. The van der Waals surface area contributed by atoms with Gasteiger partial charge in [0.1, 0.15) is 6.10 Å². The van der Waals surface area contributed by atoms with Crippen LogP contribution in [0.25, 0.3) is 0 Å². The zero-order valence-electron chi connectivity index (χ0n) is 5.89. The van der Waals surface area contributed by atoms with Gasteiger partial charge in [-0.1, -0.05) is 0 Å². The summed E-state index contributed by atoms with van der Waals surface area (Å²) < 4.78 is 4.50. The minimum atomic E-state index is -1.14. The topological polar surface area (TPSA) is 73.0 Å². The van der Waals surface area contributed by atoms with Crippen molar-refractivity contribution in [2.24, 2.45) is 4.99 Å². The van der Waals surface area contributed by atoms with Gasteiger partial charge in [0.25, 0.3) is 0 Å². The van der Waals surface area contributed by atoms with E-state index in [4.69, 9.17) is 5.11 Å². The van der Waals surface area contributed by atoms with E-state index >= 15 is 0 Å². The molecule has 0 aromatic heterocycles. The van der Waals surface area contributed by atoms with Gasteiger partial charge in [-0.2, -0.15) is 0 Å². The van der Waals surface area contributed by atoms with Crippen LogP contribution in [0.3, 0.4) is 0 Å². The minimum absolute atomic E-state index is 0.0316. The van der Waals surface area contributed by atoms with Crippen LogP contribution in [0.2, 0.25) is 0 Å². The van der Waals surface area contributed by atoms with Gasteiger partial charge in [-0.3, -0.25) is 0 Å². The number of rotatable bonds is 1. The first-order valence-corrected chi connectivity index (χ1v) is 3.03. The number of esters is 1. The van der Waals surface area contributed by atoms with Gasteiger partial charge < -0.3 is 9.84 Å². The zero-order valence-corrected chi connectivity index (χ0v) is 5.89. The second-order valence-corrected chi connectivity index (χ2v) is 1.94. The molecule has 0 saturated heterocycles. The molecule has 59 valence electrons. The van der Waals surface area contributed by atoms with Crippen LogP contribution in [-0.4, -0.2) is 23.2 Å². The molecule has 0 spiro atoms. The van der Waals surface area contributed by atoms with Crippen LogP contribution in [-0.2, 0) is 9.53 Å². The molecule has 0 aliphatic carbocycles. The number of hydrogen-bond donors (Lipinski definition) is 1. The fourth-order valence-electron chi connectivity index (χ4n) is 0.455. The lowest BCUT2D eigenvalue weighted by molar-refractivity contribution is -0.144. The molecule has 1 aliphatic heterocycles. The van der Waals surface area contributed by atoms with Crippen LogP contribution < -0.4 is 5.32 Å². The Labute approximate surface area is 63.4 Å². The highest BCUT2D eigenvalue weighted by atomic mass is 16.6. The monoisotopic (exact) mass is 155 g/mol. The number of aliphatic hydroxyl groups is 1. The van der Waals surface area contributed by atoms with E-state index in [1.165, 1.54) is 19.3 Å². The van der Waals surface area contributed by atoms with Crippen molar-refractivity contribution < 1.29 is 14.6 Å². The Hall–Kier alpha value is -1.36. The Morgan fingerprint density at radius 3 is 2.91 bits per heavy atom. The number of carbonyl (C=O) groups excluding carboxylic acids is 1. The summed E-state index contributed by atoms with van der Waals surface area (Å²) in [5.74, 6) is -0.754. The molecule has 0 aromatic carbocycles. The number of ether oxygens (including phenoxy) is 1. The standard InChI is InChI=1S/C6H7N2O3/c1-4(9)5(10)11-6-7-2-3-8-6/h2-4,9H,1H3. The Morgan fingerprint density at radius 1 is 1.73 bits per heavy atom. The van der Waals surface area contributed by atoms with Crippen LogP contribution in [0, 0.1) is 0 Å². The maximum Gasteiger partial charge on any atom is 0.342 e. The molecule has 5 heteroatoms. The van der Waals surface area contributed by atoms with Gasteiger partial charge >= 0.3 is 12.0 Å². The van der Waals surface area contributed by atoms with Crippen LogP contribution >= 0.6 is 0 Å². The summed E-state index contributed by atoms with van der Waals surface area (Å²) in [5, 5.41) is 12.3. The van der Waals surface area contributed by atoms with Crippen molar-refractivity contribution in [1.29, 1.82) is 0 Å². The summed E-state index contributed by atoms with van der Waals surface area (Å²) in [6.45, 7) is 1.31. The summed E-state index contributed by atoms with van der Waals surface area (Å²) in [5.41, 5.74) is 0. The molecular weight excluding hydrogens is 148 g/mol. The SMILES string of the molecule is CC(O)C(=O)OC1=NC=C[N]1. The van der Waals surface area contributed by atoms with Gasteiger partial charge in [0.05, 0.1) is 12.4 Å². The number of amidine groups is 1. The molecule has 0 amide bonds. The lowest BCUT2D eigenvalue weighted by Crippen LogP contribution is -2.25. The highest BCUT2D eigenvalue weighted by molar-refractivity contribution is 5.90. The quantitative estimate of drug-likeness (QED) is 0.511. The number of carbonyl (C=O) groups is 1. The van der Waals surface area contributed by atoms with Crippen molar-refractivity contribution in [3.05, 3.63) is 12.4 Å². The first-order chi connectivity index (χ1) is 5.20. The maximum absolute atomic E-state index is 10.7. The third-order valence-electron chi connectivity index (χ3n) is 0.970. The van der Waals surface area contributed by atoms with Crippen LogP contribution in [0.15, 0.2) is 17.4 Å². The predicted molar refractivity (Wildman–Crippen MR) is 36.5 cm³/mol. The fraction of sp³-hybridized carbons (Fsp3) is 0.333. The molecule has 1 heterocycles. The lowest BCUT2D eigenvalue weighted by atomic mass is 10.4. The molecule has 1 N–H and O–H groups in total. The first-order valence-electron chi connectivity index (χ1n) is 3.03. The van der Waals surface area contributed by atoms with Crippen molar-refractivity contribution in [3.63, 3.8) is 0 Å². The summed E-state index contributed by atoms with van der Waals surface area (Å²) in [6.07, 6.45) is 1.64. The van der Waals surface area contributed by atoms with Crippen LogP contribution in [0.5, 0.6) is 0 Å². The molecule has 0 bridgehead atoms. The molecule has 1 unspecified atom stereocenters. The number of aliphatic imine (C=N–C) groups is 1. The Balaban J connectivity index is 2.37. The third-order valence-corrected chi connectivity index (χ3v) is 0.970. The van der Waals surface area contributed by atoms with Gasteiger partial charge in [-0.15, -0.1) is 0 Å². The number of nitrogens with zero attached hydrogens (tertiary/aromatic N) is 2. The fourth-order valence-corrected chi connectivity index (χ4v) is 0.455. The Kier molecular flexibility index (Phi) is 2.22. The van der Waals surface area contributed by atoms with E-state index in [0.29, 0.717) is 0 Å². The average Bonchev–Trinajstić information content (AvgIpc) is 2.39. The normalized spacial score (nSPS) is 17.1. The van der Waals surface area contributed by atoms with E-state index in [0.717, 1.165) is 0 Å². The highest BCUT2D eigenvalue weighted by Gasteiger charge is 2.15. The van der Waals surface area contributed by atoms with Crippen molar-refractivity contribution in [1.82, 2.24) is 5.32 Å². The summed E-state index contributed by atoms with van der Waals surface area (Å²) in [7, 11) is 0. The number of aliphatic hydroxyl groups excluding tert-OH is 1. The minimum Gasteiger partial charge on any atom is -0.389 e. The molecule has 0 aromatic rings. The van der Waals surface area contributed by atoms with Crippen molar-refractivity contribution >= 4 is 12.0 Å². The molecule has 11 heavy (non-hydrogen) atoms. The van der Waals surface area contributed by atoms with Crippen molar-refractivity contribution in [2.75, 3.05) is 0 Å². The van der Waals surface area contributed by atoms with Crippen molar-refractivity contribution in [2.45, 2.75) is 13.0 Å². The largest absolute Gasteiger partial charge is 0.389 e. The molecule has 5 nitrogen and oxygen atoms in total. The zero-order chi connectivity index (χ0) is 8.27. The van der Waals surface area contributed by atoms with Gasteiger partial charge in [-0.25, -0.2) is 15.1 Å². The van der Waals surface area contributed by atoms with E-state index in [1.807, 2.05) is 0 Å². The smallest absolute Gasteiger partial charge is 0.342 e. The van der Waals surface area contributed by atoms with E-state index in [9.17, 15) is 4.79 Å². The van der Waals surface area contributed by atoms with E-state index in [-0.39, 0.29) is 6.02 Å². The van der Waals surface area contributed by atoms with Gasteiger partial charge in [-0.05, 0) is 6.92 Å². The van der Waals surface area contributed by atoms with Crippen molar-refractivity contribution in [3.8, 4) is 0 Å². The summed E-state index contributed by atoms with van der Waals surface area (Å²) in [6, 6.07) is -0.0316. The second kappa shape index (κ2) is 3.16.